The van der Waals surface area contributed by atoms with E-state index in [1.807, 2.05) is 12.2 Å². The second-order valence-electron chi connectivity index (χ2n) is 1.39. The van der Waals surface area contributed by atoms with Gasteiger partial charge in [0.25, 0.3) is 0 Å². The lowest BCUT2D eigenvalue weighted by atomic mass is 10.3. The molecule has 0 saturated carbocycles. The Bertz CT molecular complexity index is 130. The van der Waals surface area contributed by atoms with Crippen LogP contribution < -0.4 is 0 Å². The summed E-state index contributed by atoms with van der Waals surface area (Å²) in [6.07, 6.45) is 5.77. The molecule has 42 valence electrons. The minimum atomic E-state index is 0.992. The van der Waals surface area contributed by atoms with E-state index < -0.39 is 0 Å². The molecule has 0 unspecified atom stereocenters. The summed E-state index contributed by atoms with van der Waals surface area (Å²) in [5.41, 5.74) is 5.29. The van der Waals surface area contributed by atoms with E-state index in [1.165, 1.54) is 0 Å². The maximum atomic E-state index is 3.57. The quantitative estimate of drug-likeness (QED) is 0.294. The fraction of sp³-hybridized carbons (Fsp3) is 0.250. The van der Waals surface area contributed by atoms with Crippen molar-refractivity contribution in [3.8, 4) is 0 Å². The van der Waals surface area contributed by atoms with Crippen molar-refractivity contribution in [2.24, 2.45) is 0 Å². The molecule has 0 aromatic carbocycles. The number of allylic oxidation sites excluding steroid dienone is 2. The third kappa shape index (κ3) is 5.04. The van der Waals surface area contributed by atoms with E-state index in [0.29, 0.717) is 0 Å². The van der Waals surface area contributed by atoms with Crippen LogP contribution in [0.15, 0.2) is 36.8 Å². The smallest absolute Gasteiger partial charge is 0.0233 e. The molecular formula is C8H10. The summed E-state index contributed by atoms with van der Waals surface area (Å²) in [5, 5.41) is 0. The molecule has 0 aliphatic carbocycles. The molecule has 0 spiro atoms. The molecule has 0 heteroatoms. The molecule has 0 aromatic heterocycles. The maximum Gasteiger partial charge on any atom is -0.0233 e. The summed E-state index contributed by atoms with van der Waals surface area (Å²) in [7, 11) is 0. The first-order chi connectivity index (χ1) is 3.91. The van der Waals surface area contributed by atoms with E-state index in [9.17, 15) is 0 Å². The first-order valence-corrected chi connectivity index (χ1v) is 2.62. The van der Waals surface area contributed by atoms with Gasteiger partial charge in [0.05, 0.1) is 0 Å². The van der Waals surface area contributed by atoms with Crippen molar-refractivity contribution in [1.29, 1.82) is 0 Å². The zero-order chi connectivity index (χ0) is 6.24. The third-order valence-electron chi connectivity index (χ3n) is 0.719. The molecule has 0 saturated heterocycles. The Hall–Kier alpha value is -0.960. The van der Waals surface area contributed by atoms with Crippen molar-refractivity contribution < 1.29 is 0 Å². The van der Waals surface area contributed by atoms with Gasteiger partial charge >= 0.3 is 0 Å². The minimum absolute atomic E-state index is 0.992. The summed E-state index contributed by atoms with van der Waals surface area (Å²) in [6, 6.07) is 0. The average molecular weight is 106 g/mol. The molecular weight excluding hydrogens is 96.1 g/mol. The second kappa shape index (κ2) is 6.04. The molecule has 0 aliphatic rings. The van der Waals surface area contributed by atoms with Crippen LogP contribution in [0.2, 0.25) is 0 Å². The predicted molar refractivity (Wildman–Crippen MR) is 36.7 cm³/mol. The van der Waals surface area contributed by atoms with Crippen LogP contribution in [-0.4, -0.2) is 0 Å². The monoisotopic (exact) mass is 106 g/mol. The van der Waals surface area contributed by atoms with Crippen molar-refractivity contribution >= 4 is 0 Å². The third-order valence-corrected chi connectivity index (χ3v) is 0.719. The normalized spacial score (nSPS) is 6.50. The van der Waals surface area contributed by atoms with E-state index in [2.05, 4.69) is 24.6 Å². The van der Waals surface area contributed by atoms with Crippen LogP contribution in [0.5, 0.6) is 0 Å². The van der Waals surface area contributed by atoms with Crippen LogP contribution in [-0.2, 0) is 0 Å². The highest BCUT2D eigenvalue weighted by atomic mass is 13.7. The van der Waals surface area contributed by atoms with Gasteiger partial charge in [-0.3, -0.25) is 0 Å². The number of rotatable bonds is 3. The standard InChI is InChI=1S/C8H10/c1-3-5-7-8-6-4-2/h3,8H,1-2,5,7H2. The number of hydrogen-bond acceptors (Lipinski definition) is 0. The van der Waals surface area contributed by atoms with Crippen molar-refractivity contribution in [2.45, 2.75) is 12.8 Å². The minimum Gasteiger partial charge on any atom is -0.103 e. The molecule has 0 N–H and O–H groups in total. The lowest BCUT2D eigenvalue weighted by Gasteiger charge is -1.76. The van der Waals surface area contributed by atoms with E-state index in [0.717, 1.165) is 12.8 Å². The molecule has 0 nitrogen and oxygen atoms in total. The molecule has 0 bridgehead atoms. The highest BCUT2D eigenvalue weighted by molar-refractivity contribution is 4.83. The highest BCUT2D eigenvalue weighted by Crippen LogP contribution is 1.87. The van der Waals surface area contributed by atoms with Crippen molar-refractivity contribution in [2.75, 3.05) is 0 Å². The Morgan fingerprint density at radius 2 is 2.12 bits per heavy atom. The number of hydrogen-bond donors (Lipinski definition) is 0. The molecule has 0 rings (SSSR count). The van der Waals surface area contributed by atoms with Gasteiger partial charge in [0.15, 0.2) is 0 Å². The van der Waals surface area contributed by atoms with Crippen molar-refractivity contribution in [1.82, 2.24) is 0 Å². The van der Waals surface area contributed by atoms with Crippen molar-refractivity contribution in [3.63, 3.8) is 0 Å². The van der Waals surface area contributed by atoms with E-state index in [1.54, 1.807) is 0 Å². The summed E-state index contributed by atoms with van der Waals surface area (Å²) in [5.74, 6) is 0. The van der Waals surface area contributed by atoms with Gasteiger partial charge in [-0.05, 0) is 25.5 Å². The maximum absolute atomic E-state index is 3.57. The fourth-order valence-corrected chi connectivity index (χ4v) is 0.346. The Morgan fingerprint density at radius 1 is 1.38 bits per heavy atom. The van der Waals surface area contributed by atoms with Gasteiger partial charge in [0, 0.05) is 0 Å². The van der Waals surface area contributed by atoms with Gasteiger partial charge in [-0.25, -0.2) is 0 Å². The van der Waals surface area contributed by atoms with Gasteiger partial charge < -0.3 is 0 Å². The zero-order valence-corrected chi connectivity index (χ0v) is 4.98. The molecule has 0 atom stereocenters. The molecule has 0 aromatic rings. The summed E-state index contributed by atoms with van der Waals surface area (Å²) < 4.78 is 0. The van der Waals surface area contributed by atoms with Gasteiger partial charge in [0.1, 0.15) is 0 Å². The Kier molecular flexibility index (Phi) is 5.32. The van der Waals surface area contributed by atoms with Crippen LogP contribution >= 0.6 is 0 Å². The van der Waals surface area contributed by atoms with E-state index in [4.69, 9.17) is 0 Å². The van der Waals surface area contributed by atoms with Gasteiger partial charge in [0.2, 0.25) is 0 Å². The van der Waals surface area contributed by atoms with Crippen LogP contribution in [0.3, 0.4) is 0 Å². The van der Waals surface area contributed by atoms with Gasteiger partial charge in [-0.2, -0.15) is 0 Å². The summed E-state index contributed by atoms with van der Waals surface area (Å²) in [6.45, 7) is 6.94. The molecule has 0 heterocycles. The lowest BCUT2D eigenvalue weighted by molar-refractivity contribution is 1.06. The topological polar surface area (TPSA) is 0 Å². The van der Waals surface area contributed by atoms with Crippen LogP contribution in [0.4, 0.5) is 0 Å². The summed E-state index contributed by atoms with van der Waals surface area (Å²) in [4.78, 5) is 0. The molecule has 0 amide bonds. The van der Waals surface area contributed by atoms with Gasteiger partial charge in [-0.1, -0.05) is 17.5 Å². The fourth-order valence-electron chi connectivity index (χ4n) is 0.346. The number of unbranched alkanes of at least 4 members (excludes halogenated alkanes) is 1. The largest absolute Gasteiger partial charge is 0.103 e. The lowest BCUT2D eigenvalue weighted by Crippen LogP contribution is -1.57. The zero-order valence-electron chi connectivity index (χ0n) is 4.98. The summed E-state index contributed by atoms with van der Waals surface area (Å²) >= 11 is 0. The Labute approximate surface area is 50.5 Å². The Balaban J connectivity index is 3.29. The highest BCUT2D eigenvalue weighted by Gasteiger charge is 1.68. The first kappa shape index (κ1) is 7.04. The van der Waals surface area contributed by atoms with Crippen molar-refractivity contribution in [3.05, 3.63) is 36.8 Å². The average Bonchev–Trinajstić information content (AvgIpc) is 1.81. The van der Waals surface area contributed by atoms with E-state index in [-0.39, 0.29) is 0 Å². The van der Waals surface area contributed by atoms with E-state index >= 15 is 0 Å². The SMILES string of the molecule is C=C=C=CCCC=C. The van der Waals surface area contributed by atoms with Gasteiger partial charge in [-0.15, -0.1) is 6.58 Å². The molecule has 0 aliphatic heterocycles. The second-order valence-corrected chi connectivity index (χ2v) is 1.39. The Morgan fingerprint density at radius 3 is 2.62 bits per heavy atom. The van der Waals surface area contributed by atoms with Crippen LogP contribution in [0.25, 0.3) is 0 Å². The molecule has 0 radical (unpaired) electrons. The predicted octanol–water partition coefficient (Wildman–Crippen LogP) is 2.45. The molecule has 0 fully saturated rings. The van der Waals surface area contributed by atoms with Crippen LogP contribution in [0, 0.1) is 0 Å². The van der Waals surface area contributed by atoms with Crippen LogP contribution in [0.1, 0.15) is 12.8 Å². The first-order valence-electron chi connectivity index (χ1n) is 2.62. The molecule has 8 heavy (non-hydrogen) atoms.